The third-order valence-corrected chi connectivity index (χ3v) is 2.14. The maximum atomic E-state index is 11.2. The van der Waals surface area contributed by atoms with E-state index in [9.17, 15) is 9.59 Å². The van der Waals surface area contributed by atoms with Gasteiger partial charge in [0.2, 0.25) is 11.8 Å². The monoisotopic (exact) mass is 206 g/mol. The molecule has 2 N–H and O–H groups in total. The second-order valence-corrected chi connectivity index (χ2v) is 3.32. The molecule has 0 bridgehead atoms. The van der Waals surface area contributed by atoms with E-state index >= 15 is 0 Å². The molecule has 1 aromatic carbocycles. The molecule has 0 spiro atoms. The first-order valence-corrected chi connectivity index (χ1v) is 4.64. The van der Waals surface area contributed by atoms with E-state index in [1.165, 1.54) is 13.8 Å². The molecule has 0 aliphatic heterocycles. The predicted molar refractivity (Wildman–Crippen MR) is 57.8 cm³/mol. The molecule has 1 rings (SSSR count). The molecule has 80 valence electrons. The van der Waals surface area contributed by atoms with Gasteiger partial charge in [0, 0.05) is 19.5 Å². The first-order chi connectivity index (χ1) is 7.02. The minimum Gasteiger partial charge on any atom is -0.398 e. The van der Waals surface area contributed by atoms with Gasteiger partial charge in [-0.3, -0.25) is 14.5 Å². The van der Waals surface area contributed by atoms with E-state index in [0.29, 0.717) is 5.69 Å². The largest absolute Gasteiger partial charge is 0.398 e. The Kier molecular flexibility index (Phi) is 3.44. The van der Waals surface area contributed by atoms with Gasteiger partial charge in [0.15, 0.2) is 0 Å². The summed E-state index contributed by atoms with van der Waals surface area (Å²) in [5, 5.41) is 0. The average Bonchev–Trinajstić information content (AvgIpc) is 2.15. The number of para-hydroxylation sites is 1. The van der Waals surface area contributed by atoms with Crippen LogP contribution in [0.15, 0.2) is 24.3 Å². The van der Waals surface area contributed by atoms with Crippen LogP contribution in [0.1, 0.15) is 19.4 Å². The number of rotatable bonds is 2. The summed E-state index contributed by atoms with van der Waals surface area (Å²) in [6, 6.07) is 7.18. The summed E-state index contributed by atoms with van der Waals surface area (Å²) in [5.74, 6) is -0.545. The Labute approximate surface area is 88.7 Å². The summed E-state index contributed by atoms with van der Waals surface area (Å²) in [6.45, 7) is 2.96. The van der Waals surface area contributed by atoms with E-state index in [-0.39, 0.29) is 18.4 Å². The molecule has 0 heterocycles. The number of carbonyl (C=O) groups is 2. The van der Waals surface area contributed by atoms with Crippen molar-refractivity contribution < 1.29 is 9.59 Å². The van der Waals surface area contributed by atoms with Crippen molar-refractivity contribution in [3.63, 3.8) is 0 Å². The Morgan fingerprint density at radius 2 is 1.73 bits per heavy atom. The van der Waals surface area contributed by atoms with Crippen molar-refractivity contribution in [3.05, 3.63) is 29.8 Å². The van der Waals surface area contributed by atoms with Gasteiger partial charge in [-0.2, -0.15) is 0 Å². The molecule has 0 radical (unpaired) electrons. The van der Waals surface area contributed by atoms with Crippen molar-refractivity contribution in [2.45, 2.75) is 20.4 Å². The molecule has 4 nitrogen and oxygen atoms in total. The lowest BCUT2D eigenvalue weighted by molar-refractivity contribution is -0.142. The molecule has 0 unspecified atom stereocenters. The second kappa shape index (κ2) is 4.59. The molecule has 2 amide bonds. The number of hydrogen-bond donors (Lipinski definition) is 1. The highest BCUT2D eigenvalue weighted by Gasteiger charge is 2.14. The number of nitrogen functional groups attached to an aromatic ring is 1. The maximum Gasteiger partial charge on any atom is 0.226 e. The van der Waals surface area contributed by atoms with E-state index in [2.05, 4.69) is 0 Å². The minimum absolute atomic E-state index is 0.233. The number of hydrogen-bond acceptors (Lipinski definition) is 3. The summed E-state index contributed by atoms with van der Waals surface area (Å²) >= 11 is 0. The molecule has 0 saturated heterocycles. The number of amides is 2. The van der Waals surface area contributed by atoms with Gasteiger partial charge >= 0.3 is 0 Å². The number of anilines is 1. The zero-order chi connectivity index (χ0) is 11.4. The lowest BCUT2D eigenvalue weighted by Gasteiger charge is -2.17. The fourth-order valence-electron chi connectivity index (χ4n) is 1.29. The van der Waals surface area contributed by atoms with Crippen LogP contribution in [0.25, 0.3) is 0 Å². The highest BCUT2D eigenvalue weighted by Crippen LogP contribution is 2.13. The first-order valence-electron chi connectivity index (χ1n) is 4.64. The Morgan fingerprint density at radius 1 is 1.20 bits per heavy atom. The standard InChI is InChI=1S/C11H14N2O2/c1-8(14)13(9(2)15)7-10-5-3-4-6-11(10)12/h3-6H,7,12H2,1-2H3. The number of imide groups is 1. The molecule has 0 saturated carbocycles. The minimum atomic E-state index is -0.272. The zero-order valence-corrected chi connectivity index (χ0v) is 8.86. The van der Waals surface area contributed by atoms with Gasteiger partial charge in [0.25, 0.3) is 0 Å². The van der Waals surface area contributed by atoms with Crippen LogP contribution in [0.3, 0.4) is 0 Å². The number of nitrogens with two attached hydrogens (primary N) is 1. The normalized spacial score (nSPS) is 9.73. The Bertz CT molecular complexity index is 374. The number of benzene rings is 1. The quantitative estimate of drug-likeness (QED) is 0.738. The maximum absolute atomic E-state index is 11.2. The number of carbonyl (C=O) groups excluding carboxylic acids is 2. The second-order valence-electron chi connectivity index (χ2n) is 3.32. The SMILES string of the molecule is CC(=O)N(Cc1ccccc1N)C(C)=O. The van der Waals surface area contributed by atoms with Gasteiger partial charge in [-0.1, -0.05) is 18.2 Å². The Morgan fingerprint density at radius 3 is 2.20 bits per heavy atom. The van der Waals surface area contributed by atoms with Crippen LogP contribution in [0.2, 0.25) is 0 Å². The van der Waals surface area contributed by atoms with Crippen LogP contribution < -0.4 is 5.73 Å². The summed E-state index contributed by atoms with van der Waals surface area (Å²) in [6.07, 6.45) is 0. The van der Waals surface area contributed by atoms with E-state index in [4.69, 9.17) is 5.73 Å². The zero-order valence-electron chi connectivity index (χ0n) is 8.86. The summed E-state index contributed by atoms with van der Waals surface area (Å²) in [4.78, 5) is 23.5. The molecule has 0 aliphatic carbocycles. The van der Waals surface area contributed by atoms with Crippen molar-refractivity contribution >= 4 is 17.5 Å². The van der Waals surface area contributed by atoms with Crippen molar-refractivity contribution in [2.75, 3.05) is 5.73 Å². The highest BCUT2D eigenvalue weighted by atomic mass is 16.2. The lowest BCUT2D eigenvalue weighted by atomic mass is 10.1. The fourth-order valence-corrected chi connectivity index (χ4v) is 1.29. The van der Waals surface area contributed by atoms with Crippen molar-refractivity contribution in [2.24, 2.45) is 0 Å². The van der Waals surface area contributed by atoms with Gasteiger partial charge in [-0.15, -0.1) is 0 Å². The highest BCUT2D eigenvalue weighted by molar-refractivity contribution is 5.92. The lowest BCUT2D eigenvalue weighted by Crippen LogP contribution is -2.32. The van der Waals surface area contributed by atoms with E-state index in [1.807, 2.05) is 12.1 Å². The van der Waals surface area contributed by atoms with Crippen LogP contribution in [0.4, 0.5) is 5.69 Å². The molecule has 4 heteroatoms. The van der Waals surface area contributed by atoms with Crippen LogP contribution in [-0.4, -0.2) is 16.7 Å². The van der Waals surface area contributed by atoms with E-state index in [1.54, 1.807) is 12.1 Å². The molecule has 0 aromatic heterocycles. The molecule has 1 aromatic rings. The molecular formula is C11H14N2O2. The molecule has 0 aliphatic rings. The van der Waals surface area contributed by atoms with Crippen molar-refractivity contribution in [1.29, 1.82) is 0 Å². The number of nitrogens with zero attached hydrogens (tertiary/aromatic N) is 1. The third kappa shape index (κ3) is 2.80. The summed E-state index contributed by atoms with van der Waals surface area (Å²) < 4.78 is 0. The summed E-state index contributed by atoms with van der Waals surface area (Å²) in [5.41, 5.74) is 7.09. The van der Waals surface area contributed by atoms with Crippen LogP contribution in [0.5, 0.6) is 0 Å². The average molecular weight is 206 g/mol. The molecule has 0 atom stereocenters. The summed E-state index contributed by atoms with van der Waals surface area (Å²) in [7, 11) is 0. The van der Waals surface area contributed by atoms with Crippen LogP contribution in [-0.2, 0) is 16.1 Å². The fraction of sp³-hybridized carbons (Fsp3) is 0.273. The smallest absolute Gasteiger partial charge is 0.226 e. The third-order valence-electron chi connectivity index (χ3n) is 2.14. The van der Waals surface area contributed by atoms with Crippen LogP contribution >= 0.6 is 0 Å². The predicted octanol–water partition coefficient (Wildman–Crippen LogP) is 1.16. The van der Waals surface area contributed by atoms with Crippen LogP contribution in [0, 0.1) is 0 Å². The van der Waals surface area contributed by atoms with Gasteiger partial charge < -0.3 is 5.73 Å². The Balaban J connectivity index is 2.88. The topological polar surface area (TPSA) is 63.4 Å². The van der Waals surface area contributed by atoms with Gasteiger partial charge in [0.1, 0.15) is 0 Å². The van der Waals surface area contributed by atoms with Crippen molar-refractivity contribution in [3.8, 4) is 0 Å². The van der Waals surface area contributed by atoms with Crippen molar-refractivity contribution in [1.82, 2.24) is 4.90 Å². The molecule has 15 heavy (non-hydrogen) atoms. The molecular weight excluding hydrogens is 192 g/mol. The Hall–Kier alpha value is -1.84. The van der Waals surface area contributed by atoms with E-state index < -0.39 is 0 Å². The first kappa shape index (κ1) is 11.2. The molecule has 0 fully saturated rings. The van der Waals surface area contributed by atoms with Gasteiger partial charge in [-0.25, -0.2) is 0 Å². The van der Waals surface area contributed by atoms with E-state index in [0.717, 1.165) is 10.5 Å². The van der Waals surface area contributed by atoms with Gasteiger partial charge in [0.05, 0.1) is 6.54 Å². The van der Waals surface area contributed by atoms with Gasteiger partial charge in [-0.05, 0) is 11.6 Å².